The predicted octanol–water partition coefficient (Wildman–Crippen LogP) is 5.44. The SMILES string of the molecule is COc1ccc(COc2cccc(-c3cc(C)nn3-c3ccccc3)c2)cc1. The molecule has 140 valence electrons. The Balaban J connectivity index is 1.57. The molecule has 4 heteroatoms. The van der Waals surface area contributed by atoms with Crippen LogP contribution in [0.15, 0.2) is 84.9 Å². The average Bonchev–Trinajstić information content (AvgIpc) is 3.15. The summed E-state index contributed by atoms with van der Waals surface area (Å²) in [5.74, 6) is 1.67. The maximum atomic E-state index is 6.01. The van der Waals surface area contributed by atoms with Gasteiger partial charge in [0, 0.05) is 5.56 Å². The van der Waals surface area contributed by atoms with Crippen LogP contribution in [0.2, 0.25) is 0 Å². The lowest BCUT2D eigenvalue weighted by molar-refractivity contribution is 0.306. The van der Waals surface area contributed by atoms with Gasteiger partial charge in [-0.15, -0.1) is 0 Å². The Morgan fingerprint density at radius 1 is 0.821 bits per heavy atom. The zero-order valence-electron chi connectivity index (χ0n) is 16.0. The number of para-hydroxylation sites is 1. The van der Waals surface area contributed by atoms with E-state index in [0.717, 1.165) is 39.7 Å². The molecule has 0 spiro atoms. The Kier molecular flexibility index (Phi) is 5.11. The third-order valence-electron chi connectivity index (χ3n) is 4.53. The van der Waals surface area contributed by atoms with Gasteiger partial charge in [0.2, 0.25) is 0 Å². The number of rotatable bonds is 6. The van der Waals surface area contributed by atoms with Crippen molar-refractivity contribution in [1.82, 2.24) is 9.78 Å². The van der Waals surface area contributed by atoms with Crippen molar-refractivity contribution in [1.29, 1.82) is 0 Å². The van der Waals surface area contributed by atoms with Crippen LogP contribution in [0, 0.1) is 6.92 Å². The smallest absolute Gasteiger partial charge is 0.120 e. The first-order valence-electron chi connectivity index (χ1n) is 9.21. The molecule has 0 saturated heterocycles. The van der Waals surface area contributed by atoms with Gasteiger partial charge in [-0.2, -0.15) is 5.10 Å². The Morgan fingerprint density at radius 3 is 2.36 bits per heavy atom. The number of ether oxygens (including phenoxy) is 2. The Morgan fingerprint density at radius 2 is 1.61 bits per heavy atom. The first kappa shape index (κ1) is 17.9. The molecule has 0 N–H and O–H groups in total. The van der Waals surface area contributed by atoms with Crippen molar-refractivity contribution >= 4 is 0 Å². The number of benzene rings is 3. The number of hydrogen-bond acceptors (Lipinski definition) is 3. The number of nitrogens with zero attached hydrogens (tertiary/aromatic N) is 2. The van der Waals surface area contributed by atoms with Crippen LogP contribution >= 0.6 is 0 Å². The van der Waals surface area contributed by atoms with Crippen molar-refractivity contribution in [2.45, 2.75) is 13.5 Å². The van der Waals surface area contributed by atoms with Gasteiger partial charge in [0.15, 0.2) is 0 Å². The monoisotopic (exact) mass is 370 g/mol. The second kappa shape index (κ2) is 8.01. The molecular formula is C24H22N2O2. The van der Waals surface area contributed by atoms with E-state index in [4.69, 9.17) is 9.47 Å². The van der Waals surface area contributed by atoms with Crippen molar-refractivity contribution in [2.24, 2.45) is 0 Å². The molecule has 0 atom stereocenters. The fourth-order valence-corrected chi connectivity index (χ4v) is 3.10. The van der Waals surface area contributed by atoms with Gasteiger partial charge in [-0.3, -0.25) is 0 Å². The average molecular weight is 370 g/mol. The van der Waals surface area contributed by atoms with Crippen molar-refractivity contribution in [3.63, 3.8) is 0 Å². The molecule has 4 aromatic rings. The zero-order valence-corrected chi connectivity index (χ0v) is 16.0. The molecule has 0 aliphatic rings. The van der Waals surface area contributed by atoms with Crippen LogP contribution in [-0.2, 0) is 6.61 Å². The van der Waals surface area contributed by atoms with Gasteiger partial charge in [-0.05, 0) is 55.0 Å². The van der Waals surface area contributed by atoms with Gasteiger partial charge in [-0.25, -0.2) is 4.68 Å². The molecule has 28 heavy (non-hydrogen) atoms. The molecule has 0 aliphatic heterocycles. The molecule has 0 aliphatic carbocycles. The first-order valence-corrected chi connectivity index (χ1v) is 9.21. The summed E-state index contributed by atoms with van der Waals surface area (Å²) in [5, 5.41) is 4.66. The van der Waals surface area contributed by atoms with E-state index in [9.17, 15) is 0 Å². The third-order valence-corrected chi connectivity index (χ3v) is 4.53. The van der Waals surface area contributed by atoms with E-state index in [2.05, 4.69) is 35.4 Å². The lowest BCUT2D eigenvalue weighted by Crippen LogP contribution is -1.99. The maximum absolute atomic E-state index is 6.01. The molecule has 1 aromatic heterocycles. The first-order chi connectivity index (χ1) is 13.7. The van der Waals surface area contributed by atoms with Gasteiger partial charge in [0.05, 0.1) is 24.2 Å². The van der Waals surface area contributed by atoms with E-state index in [1.165, 1.54) is 0 Å². The lowest BCUT2D eigenvalue weighted by atomic mass is 10.1. The summed E-state index contributed by atoms with van der Waals surface area (Å²) in [4.78, 5) is 0. The van der Waals surface area contributed by atoms with Crippen LogP contribution in [-0.4, -0.2) is 16.9 Å². The Labute approximate surface area is 165 Å². The summed E-state index contributed by atoms with van der Waals surface area (Å²) in [5.41, 5.74) is 5.21. The highest BCUT2D eigenvalue weighted by atomic mass is 16.5. The molecule has 1 heterocycles. The minimum absolute atomic E-state index is 0.504. The van der Waals surface area contributed by atoms with Gasteiger partial charge < -0.3 is 9.47 Å². The van der Waals surface area contributed by atoms with Crippen molar-refractivity contribution in [3.05, 3.63) is 96.2 Å². The normalized spacial score (nSPS) is 10.6. The molecule has 0 fully saturated rings. The van der Waals surface area contributed by atoms with Gasteiger partial charge in [0.25, 0.3) is 0 Å². The van der Waals surface area contributed by atoms with Crippen LogP contribution in [0.25, 0.3) is 16.9 Å². The summed E-state index contributed by atoms with van der Waals surface area (Å²) < 4.78 is 13.2. The number of hydrogen-bond donors (Lipinski definition) is 0. The molecule has 0 bridgehead atoms. The molecule has 0 saturated carbocycles. The minimum Gasteiger partial charge on any atom is -0.497 e. The largest absolute Gasteiger partial charge is 0.497 e. The van der Waals surface area contributed by atoms with E-state index >= 15 is 0 Å². The van der Waals surface area contributed by atoms with Crippen LogP contribution < -0.4 is 9.47 Å². The number of aryl methyl sites for hydroxylation is 1. The molecule has 0 unspecified atom stereocenters. The standard InChI is InChI=1S/C24H22N2O2/c1-18-15-24(26(25-18)21-8-4-3-5-9-21)20-7-6-10-23(16-20)28-17-19-11-13-22(27-2)14-12-19/h3-16H,17H2,1-2H3. The summed E-state index contributed by atoms with van der Waals surface area (Å²) in [6, 6.07) is 28.3. The lowest BCUT2D eigenvalue weighted by Gasteiger charge is -2.10. The molecule has 3 aromatic carbocycles. The molecule has 4 rings (SSSR count). The fourth-order valence-electron chi connectivity index (χ4n) is 3.10. The summed E-state index contributed by atoms with van der Waals surface area (Å²) >= 11 is 0. The summed E-state index contributed by atoms with van der Waals surface area (Å²) in [6.07, 6.45) is 0. The number of methoxy groups -OCH3 is 1. The van der Waals surface area contributed by atoms with Gasteiger partial charge in [-0.1, -0.05) is 42.5 Å². The topological polar surface area (TPSA) is 36.3 Å². The molecule has 0 amide bonds. The minimum atomic E-state index is 0.504. The third kappa shape index (κ3) is 3.91. The highest BCUT2D eigenvalue weighted by Gasteiger charge is 2.10. The van der Waals surface area contributed by atoms with E-state index < -0.39 is 0 Å². The maximum Gasteiger partial charge on any atom is 0.120 e. The zero-order chi connectivity index (χ0) is 19.3. The van der Waals surface area contributed by atoms with E-state index in [-0.39, 0.29) is 0 Å². The molecular weight excluding hydrogens is 348 g/mol. The molecule has 4 nitrogen and oxygen atoms in total. The fraction of sp³-hybridized carbons (Fsp3) is 0.125. The van der Waals surface area contributed by atoms with E-state index in [1.807, 2.05) is 66.2 Å². The van der Waals surface area contributed by atoms with Crippen molar-refractivity contribution in [3.8, 4) is 28.4 Å². The quantitative estimate of drug-likeness (QED) is 0.454. The highest BCUT2D eigenvalue weighted by molar-refractivity contribution is 5.64. The van der Waals surface area contributed by atoms with Crippen LogP contribution in [0.4, 0.5) is 0 Å². The Hall–Kier alpha value is -3.53. The predicted molar refractivity (Wildman–Crippen MR) is 111 cm³/mol. The highest BCUT2D eigenvalue weighted by Crippen LogP contribution is 2.27. The van der Waals surface area contributed by atoms with Crippen molar-refractivity contribution in [2.75, 3.05) is 7.11 Å². The van der Waals surface area contributed by atoms with E-state index in [0.29, 0.717) is 6.61 Å². The van der Waals surface area contributed by atoms with E-state index in [1.54, 1.807) is 7.11 Å². The summed E-state index contributed by atoms with van der Waals surface area (Å²) in [7, 11) is 1.67. The Bertz CT molecular complexity index is 1050. The second-order valence-electron chi connectivity index (χ2n) is 6.58. The van der Waals surface area contributed by atoms with Gasteiger partial charge in [0.1, 0.15) is 18.1 Å². The van der Waals surface area contributed by atoms with Gasteiger partial charge >= 0.3 is 0 Å². The summed E-state index contributed by atoms with van der Waals surface area (Å²) in [6.45, 7) is 2.51. The van der Waals surface area contributed by atoms with Crippen LogP contribution in [0.1, 0.15) is 11.3 Å². The van der Waals surface area contributed by atoms with Crippen molar-refractivity contribution < 1.29 is 9.47 Å². The molecule has 0 radical (unpaired) electrons. The van der Waals surface area contributed by atoms with Crippen LogP contribution in [0.5, 0.6) is 11.5 Å². The second-order valence-corrected chi connectivity index (χ2v) is 6.58. The number of aromatic nitrogens is 2. The van der Waals surface area contributed by atoms with Crippen LogP contribution in [0.3, 0.4) is 0 Å².